The zero-order valence-electron chi connectivity index (χ0n) is 14.0. The van der Waals surface area contributed by atoms with Gasteiger partial charge in [0.2, 0.25) is 0 Å². The maximum atomic E-state index is 12.0. The molecule has 0 unspecified atom stereocenters. The highest BCUT2D eigenvalue weighted by atomic mass is 16.5. The van der Waals surface area contributed by atoms with Crippen molar-refractivity contribution < 1.29 is 23.9 Å². The summed E-state index contributed by atoms with van der Waals surface area (Å²) in [5, 5.41) is 0. The third kappa shape index (κ3) is 5.14. The van der Waals surface area contributed by atoms with Crippen LogP contribution in [0.25, 0.3) is 6.08 Å². The van der Waals surface area contributed by atoms with E-state index in [0.717, 1.165) is 0 Å². The fraction of sp³-hybridized carbons (Fsp3) is 0.150. The number of hydrogen-bond donors (Lipinski definition) is 0. The van der Waals surface area contributed by atoms with Crippen molar-refractivity contribution >= 4 is 23.8 Å². The average molecular weight is 338 g/mol. The summed E-state index contributed by atoms with van der Waals surface area (Å²) >= 11 is 0. The first-order chi connectivity index (χ1) is 12.0. The molecule has 0 aliphatic heterocycles. The Labute approximate surface area is 145 Å². The topological polar surface area (TPSA) is 69.7 Å². The first-order valence-electron chi connectivity index (χ1n) is 7.78. The Bertz CT molecular complexity index is 789. The number of rotatable bonds is 6. The number of carbonyl (C=O) groups excluding carboxylic acids is 3. The lowest BCUT2D eigenvalue weighted by atomic mass is 10.1. The molecule has 0 saturated heterocycles. The molecule has 2 aromatic rings. The van der Waals surface area contributed by atoms with Crippen LogP contribution in [-0.4, -0.2) is 24.3 Å². The van der Waals surface area contributed by atoms with Gasteiger partial charge in [-0.25, -0.2) is 9.59 Å². The molecule has 0 radical (unpaired) electrons. The maximum absolute atomic E-state index is 12.0. The SMILES string of the molecule is CCOC(=O)/C(=C/c1ccc(OC(=O)c2ccccc2)cc1)C(C)=O. The van der Waals surface area contributed by atoms with Crippen molar-refractivity contribution in [3.8, 4) is 5.75 Å². The van der Waals surface area contributed by atoms with Crippen LogP contribution in [-0.2, 0) is 14.3 Å². The van der Waals surface area contributed by atoms with Crippen molar-refractivity contribution in [1.82, 2.24) is 0 Å². The fourth-order valence-electron chi connectivity index (χ4n) is 2.05. The van der Waals surface area contributed by atoms with Crippen LogP contribution in [0.2, 0.25) is 0 Å². The first kappa shape index (κ1) is 18.1. The summed E-state index contributed by atoms with van der Waals surface area (Å²) in [6, 6.07) is 15.1. The van der Waals surface area contributed by atoms with Crippen LogP contribution in [0.15, 0.2) is 60.2 Å². The van der Waals surface area contributed by atoms with Gasteiger partial charge in [-0.15, -0.1) is 0 Å². The number of esters is 2. The van der Waals surface area contributed by atoms with Gasteiger partial charge in [-0.05, 0) is 49.8 Å². The van der Waals surface area contributed by atoms with Gasteiger partial charge in [-0.2, -0.15) is 0 Å². The predicted molar refractivity (Wildman–Crippen MR) is 93.1 cm³/mol. The number of benzene rings is 2. The minimum absolute atomic E-state index is 0.0316. The molecule has 0 fully saturated rings. The van der Waals surface area contributed by atoms with Crippen LogP contribution in [0.3, 0.4) is 0 Å². The highest BCUT2D eigenvalue weighted by molar-refractivity contribution is 6.19. The molecule has 128 valence electrons. The van der Waals surface area contributed by atoms with Crippen molar-refractivity contribution in [2.24, 2.45) is 0 Å². The van der Waals surface area contributed by atoms with Crippen LogP contribution < -0.4 is 4.74 Å². The van der Waals surface area contributed by atoms with Gasteiger partial charge >= 0.3 is 11.9 Å². The largest absolute Gasteiger partial charge is 0.462 e. The van der Waals surface area contributed by atoms with E-state index in [4.69, 9.17) is 9.47 Å². The van der Waals surface area contributed by atoms with Gasteiger partial charge in [-0.1, -0.05) is 30.3 Å². The van der Waals surface area contributed by atoms with Gasteiger partial charge in [0.1, 0.15) is 11.3 Å². The summed E-state index contributed by atoms with van der Waals surface area (Å²) in [6.45, 7) is 3.17. The van der Waals surface area contributed by atoms with Gasteiger partial charge in [0.25, 0.3) is 0 Å². The van der Waals surface area contributed by atoms with E-state index in [2.05, 4.69) is 0 Å². The lowest BCUT2D eigenvalue weighted by Crippen LogP contribution is -2.13. The standard InChI is InChI=1S/C20H18O5/c1-3-24-20(23)18(14(2)21)13-15-9-11-17(12-10-15)25-19(22)16-7-5-4-6-8-16/h4-13H,3H2,1-2H3/b18-13+. The van der Waals surface area contributed by atoms with E-state index in [9.17, 15) is 14.4 Å². The van der Waals surface area contributed by atoms with Crippen LogP contribution in [0.1, 0.15) is 29.8 Å². The molecule has 25 heavy (non-hydrogen) atoms. The average Bonchev–Trinajstić information content (AvgIpc) is 2.61. The van der Waals surface area contributed by atoms with Gasteiger partial charge < -0.3 is 9.47 Å². The molecule has 2 aromatic carbocycles. The third-order valence-corrected chi connectivity index (χ3v) is 3.29. The molecule has 5 nitrogen and oxygen atoms in total. The molecule has 5 heteroatoms. The second-order valence-corrected chi connectivity index (χ2v) is 5.16. The lowest BCUT2D eigenvalue weighted by Gasteiger charge is -2.06. The van der Waals surface area contributed by atoms with E-state index in [0.29, 0.717) is 16.9 Å². The van der Waals surface area contributed by atoms with E-state index < -0.39 is 11.9 Å². The molecule has 0 bridgehead atoms. The number of ketones is 1. The Morgan fingerprint density at radius 2 is 1.60 bits per heavy atom. The normalized spacial score (nSPS) is 10.9. The lowest BCUT2D eigenvalue weighted by molar-refractivity contribution is -0.139. The summed E-state index contributed by atoms with van der Waals surface area (Å²) in [7, 11) is 0. The second-order valence-electron chi connectivity index (χ2n) is 5.16. The summed E-state index contributed by atoms with van der Waals surface area (Å²) < 4.78 is 10.1. The van der Waals surface area contributed by atoms with Crippen LogP contribution in [0.4, 0.5) is 0 Å². The Morgan fingerprint density at radius 3 is 2.16 bits per heavy atom. The van der Waals surface area contributed by atoms with E-state index in [1.54, 1.807) is 55.5 Å². The van der Waals surface area contributed by atoms with Crippen molar-refractivity contribution in [2.75, 3.05) is 6.61 Å². The van der Waals surface area contributed by atoms with Gasteiger partial charge in [0.05, 0.1) is 12.2 Å². The Hall–Kier alpha value is -3.21. The molecule has 0 heterocycles. The van der Waals surface area contributed by atoms with E-state index >= 15 is 0 Å². The van der Waals surface area contributed by atoms with Gasteiger partial charge in [-0.3, -0.25) is 4.79 Å². The van der Waals surface area contributed by atoms with Crippen LogP contribution in [0, 0.1) is 0 Å². The maximum Gasteiger partial charge on any atom is 0.343 e. The molecule has 0 N–H and O–H groups in total. The monoisotopic (exact) mass is 338 g/mol. The molecular formula is C20H18O5. The van der Waals surface area contributed by atoms with Gasteiger partial charge in [0, 0.05) is 0 Å². The summed E-state index contributed by atoms with van der Waals surface area (Å²) in [5.74, 6) is -1.13. The first-order valence-corrected chi connectivity index (χ1v) is 7.78. The molecule has 0 saturated carbocycles. The number of Topliss-reactive ketones (excluding diaryl/α,β-unsaturated/α-hetero) is 1. The van der Waals surface area contributed by atoms with Gasteiger partial charge in [0.15, 0.2) is 5.78 Å². The molecule has 0 aromatic heterocycles. The van der Waals surface area contributed by atoms with E-state index in [-0.39, 0.29) is 18.0 Å². The molecule has 0 atom stereocenters. The zero-order valence-corrected chi connectivity index (χ0v) is 14.0. The van der Waals surface area contributed by atoms with Crippen molar-refractivity contribution in [2.45, 2.75) is 13.8 Å². The molecule has 0 amide bonds. The Kier molecular flexibility index (Phi) is 6.23. The molecule has 0 aliphatic carbocycles. The van der Waals surface area contributed by atoms with Crippen LogP contribution in [0.5, 0.6) is 5.75 Å². The van der Waals surface area contributed by atoms with Crippen LogP contribution >= 0.6 is 0 Å². The fourth-order valence-corrected chi connectivity index (χ4v) is 2.05. The van der Waals surface area contributed by atoms with E-state index in [1.807, 2.05) is 6.07 Å². The van der Waals surface area contributed by atoms with Crippen molar-refractivity contribution in [3.63, 3.8) is 0 Å². The summed E-state index contributed by atoms with van der Waals surface area (Å²) in [6.07, 6.45) is 1.45. The smallest absolute Gasteiger partial charge is 0.343 e. The molecule has 2 rings (SSSR count). The predicted octanol–water partition coefficient (Wildman–Crippen LogP) is 3.44. The summed E-state index contributed by atoms with van der Waals surface area (Å²) in [5.41, 5.74) is 1.04. The number of hydrogen-bond acceptors (Lipinski definition) is 5. The zero-order chi connectivity index (χ0) is 18.2. The second kappa shape index (κ2) is 8.59. The summed E-state index contributed by atoms with van der Waals surface area (Å²) in [4.78, 5) is 35.4. The Balaban J connectivity index is 2.13. The quantitative estimate of drug-likeness (QED) is 0.265. The minimum atomic E-state index is -0.658. The Morgan fingerprint density at radius 1 is 0.960 bits per heavy atom. The van der Waals surface area contributed by atoms with E-state index in [1.165, 1.54) is 13.0 Å². The minimum Gasteiger partial charge on any atom is -0.462 e. The third-order valence-electron chi connectivity index (χ3n) is 3.29. The highest BCUT2D eigenvalue weighted by Gasteiger charge is 2.15. The van der Waals surface area contributed by atoms with Crippen molar-refractivity contribution in [1.29, 1.82) is 0 Å². The highest BCUT2D eigenvalue weighted by Crippen LogP contribution is 2.17. The number of carbonyl (C=O) groups is 3. The molecule has 0 aliphatic rings. The number of ether oxygens (including phenoxy) is 2. The molecular weight excluding hydrogens is 320 g/mol. The van der Waals surface area contributed by atoms with Crippen molar-refractivity contribution in [3.05, 3.63) is 71.3 Å². The molecule has 0 spiro atoms.